The van der Waals surface area contributed by atoms with Gasteiger partial charge in [0.05, 0.1) is 0 Å². The van der Waals surface area contributed by atoms with Crippen LogP contribution >= 0.6 is 11.6 Å². The van der Waals surface area contributed by atoms with Crippen LogP contribution in [0.3, 0.4) is 0 Å². The topological polar surface area (TPSA) is 12.0 Å². The van der Waals surface area contributed by atoms with Gasteiger partial charge in [-0.2, -0.15) is 0 Å². The lowest BCUT2D eigenvalue weighted by atomic mass is 9.93. The molecule has 0 saturated carbocycles. The molecule has 19 heavy (non-hydrogen) atoms. The van der Waals surface area contributed by atoms with Gasteiger partial charge in [-0.15, -0.1) is 0 Å². The summed E-state index contributed by atoms with van der Waals surface area (Å²) in [5.74, 6) is 0. The molecular formula is C17H20ClN. The summed E-state index contributed by atoms with van der Waals surface area (Å²) in [6.45, 7) is 4.34. The van der Waals surface area contributed by atoms with Crippen molar-refractivity contribution < 1.29 is 0 Å². The quantitative estimate of drug-likeness (QED) is 0.867. The van der Waals surface area contributed by atoms with Crippen molar-refractivity contribution in [3.8, 4) is 0 Å². The monoisotopic (exact) mass is 273 g/mol. The Balaban J connectivity index is 2.31. The van der Waals surface area contributed by atoms with E-state index in [9.17, 15) is 0 Å². The van der Waals surface area contributed by atoms with E-state index in [2.05, 4.69) is 43.4 Å². The maximum absolute atomic E-state index is 6.26. The Labute approximate surface area is 120 Å². The molecule has 2 heteroatoms. The number of benzene rings is 2. The molecule has 0 heterocycles. The van der Waals surface area contributed by atoms with Crippen LogP contribution in [0.1, 0.15) is 28.3 Å². The van der Waals surface area contributed by atoms with Gasteiger partial charge in [-0.05, 0) is 55.6 Å². The molecule has 0 spiro atoms. The number of hydrogen-bond acceptors (Lipinski definition) is 1. The molecular weight excluding hydrogens is 254 g/mol. The van der Waals surface area contributed by atoms with Crippen LogP contribution in [0, 0.1) is 13.8 Å². The molecule has 1 atom stereocenters. The molecule has 2 rings (SSSR count). The van der Waals surface area contributed by atoms with Crippen molar-refractivity contribution in [1.29, 1.82) is 0 Å². The highest BCUT2D eigenvalue weighted by Crippen LogP contribution is 2.26. The normalized spacial score (nSPS) is 12.4. The van der Waals surface area contributed by atoms with Gasteiger partial charge < -0.3 is 5.32 Å². The zero-order chi connectivity index (χ0) is 13.8. The molecule has 1 N–H and O–H groups in total. The van der Waals surface area contributed by atoms with Gasteiger partial charge >= 0.3 is 0 Å². The fraction of sp³-hybridized carbons (Fsp3) is 0.294. The molecule has 0 saturated heterocycles. The van der Waals surface area contributed by atoms with Crippen molar-refractivity contribution in [1.82, 2.24) is 5.32 Å². The third kappa shape index (κ3) is 3.17. The minimum absolute atomic E-state index is 0.291. The van der Waals surface area contributed by atoms with Crippen molar-refractivity contribution in [3.05, 3.63) is 69.7 Å². The predicted molar refractivity (Wildman–Crippen MR) is 82.9 cm³/mol. The number of nitrogens with one attached hydrogen (secondary N) is 1. The van der Waals surface area contributed by atoms with Gasteiger partial charge in [0.1, 0.15) is 0 Å². The summed E-state index contributed by atoms with van der Waals surface area (Å²) >= 11 is 6.26. The van der Waals surface area contributed by atoms with Crippen molar-refractivity contribution in [2.75, 3.05) is 7.05 Å². The van der Waals surface area contributed by atoms with E-state index in [1.54, 1.807) is 0 Å². The first kappa shape index (κ1) is 14.1. The van der Waals surface area contributed by atoms with E-state index < -0.39 is 0 Å². The molecule has 2 aromatic rings. The first-order chi connectivity index (χ1) is 9.13. The minimum Gasteiger partial charge on any atom is -0.313 e. The smallest absolute Gasteiger partial charge is 0.0438 e. The van der Waals surface area contributed by atoms with E-state index in [1.807, 2.05) is 25.2 Å². The highest BCUT2D eigenvalue weighted by Gasteiger charge is 2.14. The molecule has 1 unspecified atom stereocenters. The molecule has 2 aromatic carbocycles. The minimum atomic E-state index is 0.291. The van der Waals surface area contributed by atoms with Gasteiger partial charge in [-0.1, -0.05) is 48.0 Å². The number of likely N-dealkylation sites (N-methyl/N-ethyl adjacent to an activating group) is 1. The van der Waals surface area contributed by atoms with Crippen LogP contribution in [0.5, 0.6) is 0 Å². The average molecular weight is 274 g/mol. The van der Waals surface area contributed by atoms with Gasteiger partial charge in [0.15, 0.2) is 0 Å². The molecule has 1 nitrogen and oxygen atoms in total. The standard InChI is InChI=1S/C17H20ClN/c1-12-7-6-9-15(13(12)2)17(19-3)11-14-8-4-5-10-16(14)18/h4-10,17,19H,11H2,1-3H3. The second-order valence-corrected chi connectivity index (χ2v) is 5.33. The summed E-state index contributed by atoms with van der Waals surface area (Å²) in [5.41, 5.74) is 5.22. The Morgan fingerprint density at radius 3 is 2.47 bits per heavy atom. The number of rotatable bonds is 4. The van der Waals surface area contributed by atoms with Crippen LogP contribution in [0.4, 0.5) is 0 Å². The second-order valence-electron chi connectivity index (χ2n) is 4.93. The number of hydrogen-bond donors (Lipinski definition) is 1. The lowest BCUT2D eigenvalue weighted by molar-refractivity contribution is 0.588. The van der Waals surface area contributed by atoms with Crippen LogP contribution in [0.15, 0.2) is 42.5 Å². The van der Waals surface area contributed by atoms with E-state index in [1.165, 1.54) is 22.3 Å². The van der Waals surface area contributed by atoms with Crippen LogP contribution in [-0.4, -0.2) is 7.05 Å². The van der Waals surface area contributed by atoms with Gasteiger partial charge in [0, 0.05) is 11.1 Å². The van der Waals surface area contributed by atoms with Crippen molar-refractivity contribution >= 4 is 11.6 Å². The van der Waals surface area contributed by atoms with E-state index in [-0.39, 0.29) is 0 Å². The van der Waals surface area contributed by atoms with E-state index in [0.717, 1.165) is 11.4 Å². The van der Waals surface area contributed by atoms with Gasteiger partial charge in [0.25, 0.3) is 0 Å². The van der Waals surface area contributed by atoms with E-state index in [4.69, 9.17) is 11.6 Å². The maximum Gasteiger partial charge on any atom is 0.0438 e. The highest BCUT2D eigenvalue weighted by molar-refractivity contribution is 6.31. The first-order valence-corrected chi connectivity index (χ1v) is 6.98. The SMILES string of the molecule is CNC(Cc1ccccc1Cl)c1cccc(C)c1C. The molecule has 100 valence electrons. The molecule has 0 aliphatic heterocycles. The Hall–Kier alpha value is -1.31. The van der Waals surface area contributed by atoms with Crippen LogP contribution in [0.2, 0.25) is 5.02 Å². The maximum atomic E-state index is 6.26. The first-order valence-electron chi connectivity index (χ1n) is 6.60. The third-order valence-electron chi connectivity index (χ3n) is 3.75. The molecule has 0 aliphatic carbocycles. The summed E-state index contributed by atoms with van der Waals surface area (Å²) in [6, 6.07) is 14.8. The van der Waals surface area contributed by atoms with E-state index >= 15 is 0 Å². The van der Waals surface area contributed by atoms with Gasteiger partial charge in [0.2, 0.25) is 0 Å². The number of halogens is 1. The second kappa shape index (κ2) is 6.23. The summed E-state index contributed by atoms with van der Waals surface area (Å²) in [7, 11) is 2.00. The fourth-order valence-electron chi connectivity index (χ4n) is 2.40. The highest BCUT2D eigenvalue weighted by atomic mass is 35.5. The van der Waals surface area contributed by atoms with Crippen LogP contribution in [0.25, 0.3) is 0 Å². The molecule has 0 aromatic heterocycles. The van der Waals surface area contributed by atoms with Gasteiger partial charge in [-0.25, -0.2) is 0 Å². The molecule has 0 bridgehead atoms. The lowest BCUT2D eigenvalue weighted by Gasteiger charge is -2.20. The average Bonchev–Trinajstić information content (AvgIpc) is 2.41. The van der Waals surface area contributed by atoms with Crippen LogP contribution < -0.4 is 5.32 Å². The summed E-state index contributed by atoms with van der Waals surface area (Å²) in [5, 5.41) is 4.24. The van der Waals surface area contributed by atoms with E-state index in [0.29, 0.717) is 6.04 Å². The fourth-order valence-corrected chi connectivity index (χ4v) is 2.62. The summed E-state index contributed by atoms with van der Waals surface area (Å²) < 4.78 is 0. The zero-order valence-electron chi connectivity index (χ0n) is 11.7. The molecule has 0 amide bonds. The molecule has 0 radical (unpaired) electrons. The Morgan fingerprint density at radius 2 is 1.79 bits per heavy atom. The zero-order valence-corrected chi connectivity index (χ0v) is 12.5. The lowest BCUT2D eigenvalue weighted by Crippen LogP contribution is -2.20. The predicted octanol–water partition coefficient (Wildman–Crippen LogP) is 4.46. The Bertz CT molecular complexity index is 563. The van der Waals surface area contributed by atoms with Gasteiger partial charge in [-0.3, -0.25) is 0 Å². The summed E-state index contributed by atoms with van der Waals surface area (Å²) in [6.07, 6.45) is 0.903. The molecule has 0 fully saturated rings. The van der Waals surface area contributed by atoms with Crippen molar-refractivity contribution in [2.45, 2.75) is 26.3 Å². The Morgan fingerprint density at radius 1 is 1.05 bits per heavy atom. The Kier molecular flexibility index (Phi) is 4.62. The van der Waals surface area contributed by atoms with Crippen molar-refractivity contribution in [3.63, 3.8) is 0 Å². The number of aryl methyl sites for hydroxylation is 1. The largest absolute Gasteiger partial charge is 0.313 e. The summed E-state index contributed by atoms with van der Waals surface area (Å²) in [4.78, 5) is 0. The van der Waals surface area contributed by atoms with Crippen LogP contribution in [-0.2, 0) is 6.42 Å². The van der Waals surface area contributed by atoms with Crippen molar-refractivity contribution in [2.24, 2.45) is 0 Å². The molecule has 0 aliphatic rings. The third-order valence-corrected chi connectivity index (χ3v) is 4.12.